The van der Waals surface area contributed by atoms with Gasteiger partial charge in [0.1, 0.15) is 0 Å². The summed E-state index contributed by atoms with van der Waals surface area (Å²) in [5, 5.41) is 9.87. The van der Waals surface area contributed by atoms with E-state index in [2.05, 4.69) is 12.1 Å². The standard InChI is InChI=1S/C18H22O2/c19-17(20)18(9-14-3-1-2-4-15(14)10-18)11-16-8-12-5-6-13(16)7-12/h1-4,12-13,16H,5-11H2,(H,19,20). The Hall–Kier alpha value is -1.31. The van der Waals surface area contributed by atoms with E-state index in [0.29, 0.717) is 5.92 Å². The van der Waals surface area contributed by atoms with Crippen LogP contribution in [0.3, 0.4) is 0 Å². The van der Waals surface area contributed by atoms with Crippen molar-refractivity contribution in [2.24, 2.45) is 23.2 Å². The Bertz CT molecular complexity index is 523. The third kappa shape index (κ3) is 1.81. The maximum Gasteiger partial charge on any atom is 0.310 e. The van der Waals surface area contributed by atoms with Crippen LogP contribution in [0.2, 0.25) is 0 Å². The lowest BCUT2D eigenvalue weighted by Gasteiger charge is -2.31. The molecule has 3 aliphatic carbocycles. The van der Waals surface area contributed by atoms with Crippen LogP contribution in [0.1, 0.15) is 43.2 Å². The van der Waals surface area contributed by atoms with E-state index in [1.54, 1.807) is 0 Å². The normalized spacial score (nSPS) is 33.3. The number of carboxylic acid groups (broad SMARTS) is 1. The van der Waals surface area contributed by atoms with Crippen molar-refractivity contribution in [1.82, 2.24) is 0 Å². The van der Waals surface area contributed by atoms with Crippen molar-refractivity contribution in [3.05, 3.63) is 35.4 Å². The quantitative estimate of drug-likeness (QED) is 0.909. The molecule has 2 fully saturated rings. The summed E-state index contributed by atoms with van der Waals surface area (Å²) in [7, 11) is 0. The molecular formula is C18H22O2. The highest BCUT2D eigenvalue weighted by atomic mass is 16.4. The van der Waals surface area contributed by atoms with E-state index in [4.69, 9.17) is 0 Å². The summed E-state index contributed by atoms with van der Waals surface area (Å²) < 4.78 is 0. The number of fused-ring (bicyclic) bond motifs is 3. The van der Waals surface area contributed by atoms with Crippen LogP contribution in [0.15, 0.2) is 24.3 Å². The van der Waals surface area contributed by atoms with Crippen molar-refractivity contribution in [3.8, 4) is 0 Å². The van der Waals surface area contributed by atoms with E-state index in [1.165, 1.54) is 36.8 Å². The average Bonchev–Trinajstić information content (AvgIpc) is 3.10. The Labute approximate surface area is 120 Å². The maximum absolute atomic E-state index is 12.0. The molecule has 20 heavy (non-hydrogen) atoms. The number of rotatable bonds is 3. The molecule has 3 aliphatic rings. The van der Waals surface area contributed by atoms with Gasteiger partial charge in [0.2, 0.25) is 0 Å². The Morgan fingerprint density at radius 2 is 1.85 bits per heavy atom. The van der Waals surface area contributed by atoms with Gasteiger partial charge in [-0.15, -0.1) is 0 Å². The molecule has 2 bridgehead atoms. The Morgan fingerprint density at radius 3 is 2.35 bits per heavy atom. The molecule has 4 rings (SSSR count). The van der Waals surface area contributed by atoms with Gasteiger partial charge < -0.3 is 5.11 Å². The number of carboxylic acids is 1. The first-order valence-corrected chi connectivity index (χ1v) is 7.96. The molecule has 0 spiro atoms. The number of carbonyl (C=O) groups is 1. The van der Waals surface area contributed by atoms with E-state index in [-0.39, 0.29) is 0 Å². The second kappa shape index (κ2) is 4.34. The molecule has 1 aromatic carbocycles. The summed E-state index contributed by atoms with van der Waals surface area (Å²) in [5.41, 5.74) is 2.01. The van der Waals surface area contributed by atoms with Gasteiger partial charge in [0.15, 0.2) is 0 Å². The summed E-state index contributed by atoms with van der Waals surface area (Å²) in [6.07, 6.45) is 7.78. The molecule has 0 radical (unpaired) electrons. The first kappa shape index (κ1) is 12.4. The van der Waals surface area contributed by atoms with E-state index in [9.17, 15) is 9.90 Å². The molecule has 0 saturated heterocycles. The van der Waals surface area contributed by atoms with E-state index >= 15 is 0 Å². The summed E-state index contributed by atoms with van der Waals surface area (Å²) in [5.74, 6) is 1.81. The minimum absolute atomic E-state index is 0.515. The fraction of sp³-hybridized carbons (Fsp3) is 0.611. The van der Waals surface area contributed by atoms with Crippen molar-refractivity contribution >= 4 is 5.97 Å². The van der Waals surface area contributed by atoms with Gasteiger partial charge in [0.25, 0.3) is 0 Å². The molecule has 2 heteroatoms. The molecule has 2 saturated carbocycles. The summed E-state index contributed by atoms with van der Waals surface area (Å²) in [4.78, 5) is 12.0. The summed E-state index contributed by atoms with van der Waals surface area (Å²) in [6, 6.07) is 8.30. The molecule has 3 atom stereocenters. The smallest absolute Gasteiger partial charge is 0.310 e. The second-order valence-corrected chi connectivity index (χ2v) is 7.35. The zero-order valence-electron chi connectivity index (χ0n) is 11.8. The SMILES string of the molecule is O=C(O)C1(CC2CC3CCC2C3)Cc2ccccc2C1. The lowest BCUT2D eigenvalue weighted by molar-refractivity contribution is -0.149. The molecule has 0 amide bonds. The van der Waals surface area contributed by atoms with Crippen molar-refractivity contribution in [3.63, 3.8) is 0 Å². The van der Waals surface area contributed by atoms with Gasteiger partial charge >= 0.3 is 5.97 Å². The highest BCUT2D eigenvalue weighted by molar-refractivity contribution is 5.77. The Kier molecular flexibility index (Phi) is 2.70. The molecule has 2 nitrogen and oxygen atoms in total. The van der Waals surface area contributed by atoms with Crippen molar-refractivity contribution in [1.29, 1.82) is 0 Å². The summed E-state index contributed by atoms with van der Waals surface area (Å²) in [6.45, 7) is 0. The number of aliphatic carboxylic acids is 1. The predicted molar refractivity (Wildman–Crippen MR) is 77.5 cm³/mol. The van der Waals surface area contributed by atoms with E-state index < -0.39 is 11.4 Å². The fourth-order valence-corrected chi connectivity index (χ4v) is 5.21. The lowest BCUT2D eigenvalue weighted by Crippen LogP contribution is -2.35. The van der Waals surface area contributed by atoms with Gasteiger partial charge in [-0.3, -0.25) is 4.79 Å². The van der Waals surface area contributed by atoms with Crippen molar-refractivity contribution < 1.29 is 9.90 Å². The maximum atomic E-state index is 12.0. The monoisotopic (exact) mass is 270 g/mol. The molecule has 106 valence electrons. The van der Waals surface area contributed by atoms with Gasteiger partial charge in [-0.1, -0.05) is 30.7 Å². The first-order chi connectivity index (χ1) is 9.66. The number of hydrogen-bond donors (Lipinski definition) is 1. The van der Waals surface area contributed by atoms with Crippen LogP contribution >= 0.6 is 0 Å². The molecule has 1 aromatic rings. The number of benzene rings is 1. The fourth-order valence-electron chi connectivity index (χ4n) is 5.21. The van der Waals surface area contributed by atoms with Crippen LogP contribution in [-0.4, -0.2) is 11.1 Å². The lowest BCUT2D eigenvalue weighted by atomic mass is 9.72. The third-order valence-electron chi connectivity index (χ3n) is 6.17. The van der Waals surface area contributed by atoms with E-state index in [0.717, 1.165) is 31.1 Å². The minimum atomic E-state index is -0.573. The topological polar surface area (TPSA) is 37.3 Å². The average molecular weight is 270 g/mol. The van der Waals surface area contributed by atoms with Crippen LogP contribution in [0.4, 0.5) is 0 Å². The number of hydrogen-bond acceptors (Lipinski definition) is 1. The van der Waals surface area contributed by atoms with Gasteiger partial charge in [-0.2, -0.15) is 0 Å². The molecule has 0 heterocycles. The second-order valence-electron chi connectivity index (χ2n) is 7.35. The highest BCUT2D eigenvalue weighted by Crippen LogP contribution is 2.54. The van der Waals surface area contributed by atoms with Crippen molar-refractivity contribution in [2.45, 2.75) is 44.9 Å². The van der Waals surface area contributed by atoms with Crippen LogP contribution in [0.5, 0.6) is 0 Å². The first-order valence-electron chi connectivity index (χ1n) is 7.96. The molecule has 3 unspecified atom stereocenters. The molecule has 0 aromatic heterocycles. The largest absolute Gasteiger partial charge is 0.481 e. The Balaban J connectivity index is 1.59. The van der Waals surface area contributed by atoms with Crippen LogP contribution in [0, 0.1) is 23.2 Å². The minimum Gasteiger partial charge on any atom is -0.481 e. The van der Waals surface area contributed by atoms with Gasteiger partial charge in [-0.25, -0.2) is 0 Å². The third-order valence-corrected chi connectivity index (χ3v) is 6.17. The Morgan fingerprint density at radius 1 is 1.15 bits per heavy atom. The van der Waals surface area contributed by atoms with Gasteiger partial charge in [-0.05, 0) is 67.4 Å². The van der Waals surface area contributed by atoms with E-state index in [1.807, 2.05) is 12.1 Å². The predicted octanol–water partition coefficient (Wildman–Crippen LogP) is 3.68. The molecule has 1 N–H and O–H groups in total. The van der Waals surface area contributed by atoms with Gasteiger partial charge in [0.05, 0.1) is 5.41 Å². The van der Waals surface area contributed by atoms with Crippen molar-refractivity contribution in [2.75, 3.05) is 0 Å². The summed E-state index contributed by atoms with van der Waals surface area (Å²) >= 11 is 0. The zero-order valence-corrected chi connectivity index (χ0v) is 11.8. The highest BCUT2D eigenvalue weighted by Gasteiger charge is 2.49. The molecule has 0 aliphatic heterocycles. The zero-order chi connectivity index (χ0) is 13.7. The van der Waals surface area contributed by atoms with Gasteiger partial charge in [0, 0.05) is 0 Å². The van der Waals surface area contributed by atoms with Crippen LogP contribution in [-0.2, 0) is 17.6 Å². The van der Waals surface area contributed by atoms with Crippen LogP contribution in [0.25, 0.3) is 0 Å². The molecular weight excluding hydrogens is 248 g/mol. The van der Waals surface area contributed by atoms with Crippen LogP contribution < -0.4 is 0 Å².